The van der Waals surface area contributed by atoms with Gasteiger partial charge in [0, 0.05) is 15.2 Å². The van der Waals surface area contributed by atoms with E-state index >= 15 is 0 Å². The first-order valence-electron chi connectivity index (χ1n) is 6.86. The van der Waals surface area contributed by atoms with Crippen LogP contribution in [0.4, 0.5) is 23.1 Å². The third-order valence-electron chi connectivity index (χ3n) is 3.03. The highest BCUT2D eigenvalue weighted by atomic mass is 79.9. The van der Waals surface area contributed by atoms with Gasteiger partial charge in [-0.05, 0) is 58.7 Å². The molecule has 0 unspecified atom stereocenters. The minimum atomic E-state index is 0.389. The molecule has 0 atom stereocenters. The van der Waals surface area contributed by atoms with Crippen molar-refractivity contribution in [3.8, 4) is 0 Å². The standard InChI is InChI=1S/C16H13BrClN5/c1-10-5-6-14(13(17)7-10)21-15-9-19-23-16(22-15)20-12-4-2-3-11(18)8-12/h2-9H,1H3,(H2,20,21,22,23). The maximum atomic E-state index is 5.97. The van der Waals surface area contributed by atoms with Gasteiger partial charge in [0.2, 0.25) is 5.95 Å². The van der Waals surface area contributed by atoms with E-state index in [2.05, 4.69) is 41.7 Å². The molecule has 0 radical (unpaired) electrons. The van der Waals surface area contributed by atoms with Gasteiger partial charge in [-0.25, -0.2) is 0 Å². The molecule has 5 nitrogen and oxygen atoms in total. The molecule has 0 fully saturated rings. The first-order chi connectivity index (χ1) is 11.1. The van der Waals surface area contributed by atoms with Gasteiger partial charge in [-0.3, -0.25) is 0 Å². The first-order valence-corrected chi connectivity index (χ1v) is 8.03. The predicted octanol–water partition coefficient (Wildman–Crippen LogP) is 5.08. The summed E-state index contributed by atoms with van der Waals surface area (Å²) in [6.45, 7) is 2.04. The summed E-state index contributed by atoms with van der Waals surface area (Å²) in [5.41, 5.74) is 2.88. The maximum absolute atomic E-state index is 5.97. The van der Waals surface area contributed by atoms with Crippen molar-refractivity contribution in [3.63, 3.8) is 0 Å². The number of hydrogen-bond donors (Lipinski definition) is 2. The Morgan fingerprint density at radius 1 is 1.09 bits per heavy atom. The van der Waals surface area contributed by atoms with Crippen LogP contribution in [0.1, 0.15) is 5.56 Å². The third kappa shape index (κ3) is 4.18. The van der Waals surface area contributed by atoms with Gasteiger partial charge in [-0.2, -0.15) is 10.1 Å². The number of aryl methyl sites for hydroxylation is 1. The van der Waals surface area contributed by atoms with Gasteiger partial charge in [-0.1, -0.05) is 23.7 Å². The van der Waals surface area contributed by atoms with Gasteiger partial charge < -0.3 is 10.6 Å². The Hall–Kier alpha value is -2.18. The molecule has 0 spiro atoms. The fourth-order valence-corrected chi connectivity index (χ4v) is 2.75. The number of nitrogens with one attached hydrogen (secondary N) is 2. The first kappa shape index (κ1) is 15.7. The molecule has 0 saturated heterocycles. The van der Waals surface area contributed by atoms with Gasteiger partial charge in [0.1, 0.15) is 0 Å². The largest absolute Gasteiger partial charge is 0.338 e. The number of halogens is 2. The predicted molar refractivity (Wildman–Crippen MR) is 96.7 cm³/mol. The topological polar surface area (TPSA) is 62.7 Å². The van der Waals surface area contributed by atoms with Gasteiger partial charge in [0.25, 0.3) is 0 Å². The zero-order valence-corrected chi connectivity index (χ0v) is 14.6. The van der Waals surface area contributed by atoms with Crippen molar-refractivity contribution >= 4 is 50.7 Å². The second-order valence-corrected chi connectivity index (χ2v) is 6.20. The normalized spacial score (nSPS) is 10.4. The number of rotatable bonds is 4. The van der Waals surface area contributed by atoms with Crippen molar-refractivity contribution in [2.75, 3.05) is 10.6 Å². The molecule has 23 heavy (non-hydrogen) atoms. The van der Waals surface area contributed by atoms with Gasteiger partial charge in [-0.15, -0.1) is 5.10 Å². The van der Waals surface area contributed by atoms with E-state index in [0.29, 0.717) is 16.8 Å². The molecule has 0 bridgehead atoms. The van der Waals surface area contributed by atoms with Gasteiger partial charge in [0.15, 0.2) is 5.82 Å². The molecule has 2 aromatic carbocycles. The summed E-state index contributed by atoms with van der Waals surface area (Å²) >= 11 is 9.49. The van der Waals surface area contributed by atoms with Crippen molar-refractivity contribution < 1.29 is 0 Å². The molecule has 0 saturated carbocycles. The second-order valence-electron chi connectivity index (χ2n) is 4.91. The fraction of sp³-hybridized carbons (Fsp3) is 0.0625. The lowest BCUT2D eigenvalue weighted by Crippen LogP contribution is -2.02. The molecular formula is C16H13BrClN5. The van der Waals surface area contributed by atoms with Crippen LogP contribution < -0.4 is 10.6 Å². The van der Waals surface area contributed by atoms with Crippen molar-refractivity contribution in [1.29, 1.82) is 0 Å². The van der Waals surface area contributed by atoms with Crippen LogP contribution in [0.15, 0.2) is 53.1 Å². The average molecular weight is 391 g/mol. The summed E-state index contributed by atoms with van der Waals surface area (Å²) in [4.78, 5) is 4.40. The van der Waals surface area contributed by atoms with E-state index in [1.165, 1.54) is 5.56 Å². The number of hydrogen-bond acceptors (Lipinski definition) is 5. The molecule has 2 N–H and O–H groups in total. The molecule has 1 heterocycles. The summed E-state index contributed by atoms with van der Waals surface area (Å²) in [5.74, 6) is 0.981. The Bertz CT molecular complexity index is 840. The maximum Gasteiger partial charge on any atom is 0.249 e. The molecule has 0 aliphatic carbocycles. The summed E-state index contributed by atoms with van der Waals surface area (Å²) < 4.78 is 0.959. The van der Waals surface area contributed by atoms with Crippen molar-refractivity contribution in [2.24, 2.45) is 0 Å². The quantitative estimate of drug-likeness (QED) is 0.650. The number of aromatic nitrogens is 3. The summed E-state index contributed by atoms with van der Waals surface area (Å²) in [5, 5.41) is 14.9. The highest BCUT2D eigenvalue weighted by molar-refractivity contribution is 9.10. The van der Waals surface area contributed by atoms with E-state index in [0.717, 1.165) is 15.8 Å². The smallest absolute Gasteiger partial charge is 0.249 e. The van der Waals surface area contributed by atoms with E-state index in [-0.39, 0.29) is 0 Å². The van der Waals surface area contributed by atoms with Crippen LogP contribution in [-0.4, -0.2) is 15.2 Å². The number of nitrogens with zero attached hydrogens (tertiary/aromatic N) is 3. The lowest BCUT2D eigenvalue weighted by Gasteiger charge is -2.09. The second kappa shape index (κ2) is 6.93. The molecular weight excluding hydrogens is 378 g/mol. The molecule has 0 amide bonds. The lowest BCUT2D eigenvalue weighted by atomic mass is 10.2. The van der Waals surface area contributed by atoms with Crippen LogP contribution in [0.25, 0.3) is 0 Å². The molecule has 0 aliphatic rings. The van der Waals surface area contributed by atoms with Crippen molar-refractivity contribution in [1.82, 2.24) is 15.2 Å². The molecule has 116 valence electrons. The molecule has 0 aliphatic heterocycles. The minimum Gasteiger partial charge on any atom is -0.338 e. The Balaban J connectivity index is 1.79. The average Bonchev–Trinajstić information content (AvgIpc) is 2.51. The van der Waals surface area contributed by atoms with Crippen LogP contribution in [0.2, 0.25) is 5.02 Å². The Morgan fingerprint density at radius 3 is 2.74 bits per heavy atom. The van der Waals surface area contributed by atoms with Crippen molar-refractivity contribution in [2.45, 2.75) is 6.92 Å². The van der Waals surface area contributed by atoms with Crippen LogP contribution in [-0.2, 0) is 0 Å². The van der Waals surface area contributed by atoms with Crippen LogP contribution in [0.3, 0.4) is 0 Å². The monoisotopic (exact) mass is 389 g/mol. The van der Waals surface area contributed by atoms with E-state index < -0.39 is 0 Å². The Kier molecular flexibility index (Phi) is 4.73. The van der Waals surface area contributed by atoms with Gasteiger partial charge >= 0.3 is 0 Å². The number of benzene rings is 2. The van der Waals surface area contributed by atoms with Crippen LogP contribution in [0, 0.1) is 6.92 Å². The lowest BCUT2D eigenvalue weighted by molar-refractivity contribution is 0.982. The van der Waals surface area contributed by atoms with Crippen LogP contribution in [0.5, 0.6) is 0 Å². The molecule has 7 heteroatoms. The van der Waals surface area contributed by atoms with Gasteiger partial charge in [0.05, 0.1) is 11.9 Å². The third-order valence-corrected chi connectivity index (χ3v) is 3.92. The summed E-state index contributed by atoms with van der Waals surface area (Å²) in [6.07, 6.45) is 1.56. The Labute approximate surface area is 147 Å². The SMILES string of the molecule is Cc1ccc(Nc2cnnc(Nc3cccc(Cl)c3)n2)c(Br)c1. The fourth-order valence-electron chi connectivity index (χ4n) is 1.97. The van der Waals surface area contributed by atoms with Crippen LogP contribution >= 0.6 is 27.5 Å². The van der Waals surface area contributed by atoms with E-state index in [1.807, 2.05) is 37.3 Å². The highest BCUT2D eigenvalue weighted by Gasteiger charge is 2.05. The minimum absolute atomic E-state index is 0.389. The molecule has 1 aromatic heterocycles. The number of anilines is 4. The summed E-state index contributed by atoms with van der Waals surface area (Å²) in [6, 6.07) is 13.4. The molecule has 3 rings (SSSR count). The zero-order valence-electron chi connectivity index (χ0n) is 12.2. The Morgan fingerprint density at radius 2 is 1.96 bits per heavy atom. The summed E-state index contributed by atoms with van der Waals surface area (Å²) in [7, 11) is 0. The highest BCUT2D eigenvalue weighted by Crippen LogP contribution is 2.26. The van der Waals surface area contributed by atoms with E-state index in [9.17, 15) is 0 Å². The van der Waals surface area contributed by atoms with Crippen molar-refractivity contribution in [3.05, 3.63) is 63.7 Å². The van der Waals surface area contributed by atoms with E-state index in [1.54, 1.807) is 18.3 Å². The molecule has 3 aromatic rings. The van der Waals surface area contributed by atoms with E-state index in [4.69, 9.17) is 11.6 Å². The zero-order chi connectivity index (χ0) is 16.2.